The largest absolute Gasteiger partial charge is 0.324 e. The fourth-order valence-corrected chi connectivity index (χ4v) is 4.44. The second-order valence-corrected chi connectivity index (χ2v) is 8.63. The van der Waals surface area contributed by atoms with Crippen molar-refractivity contribution < 1.29 is 14.0 Å². The molecule has 2 aromatic carbocycles. The molecule has 29 heavy (non-hydrogen) atoms. The number of aryl methyl sites for hydroxylation is 2. The molecular formula is C22H22FN3O2S. The molecule has 4 rings (SSSR count). The Morgan fingerprint density at radius 1 is 1.24 bits per heavy atom. The normalized spacial score (nSPS) is 20.4. The summed E-state index contributed by atoms with van der Waals surface area (Å²) in [6.07, 6.45) is 1.88. The maximum atomic E-state index is 13.8. The van der Waals surface area contributed by atoms with Crippen molar-refractivity contribution in [2.75, 3.05) is 5.32 Å². The average molecular weight is 412 g/mol. The Bertz CT molecular complexity index is 1000. The number of carbonyl (C=O) groups excluding carboxylic acids is 2. The van der Waals surface area contributed by atoms with Crippen molar-refractivity contribution >= 4 is 40.1 Å². The number of nitrogens with zero attached hydrogens (tertiary/aromatic N) is 2. The van der Waals surface area contributed by atoms with Crippen LogP contribution in [0.5, 0.6) is 0 Å². The van der Waals surface area contributed by atoms with E-state index in [4.69, 9.17) is 4.99 Å². The molecule has 0 aromatic heterocycles. The van der Waals surface area contributed by atoms with Crippen molar-refractivity contribution in [2.45, 2.75) is 44.4 Å². The first-order valence-corrected chi connectivity index (χ1v) is 10.5. The Morgan fingerprint density at radius 2 is 2.00 bits per heavy atom. The summed E-state index contributed by atoms with van der Waals surface area (Å²) in [5.74, 6) is -0.974. The maximum absolute atomic E-state index is 13.8. The van der Waals surface area contributed by atoms with E-state index >= 15 is 0 Å². The zero-order valence-electron chi connectivity index (χ0n) is 16.3. The van der Waals surface area contributed by atoms with Crippen LogP contribution < -0.4 is 5.32 Å². The third-order valence-electron chi connectivity index (χ3n) is 4.98. The molecule has 2 aromatic rings. The fourth-order valence-electron chi connectivity index (χ4n) is 3.24. The van der Waals surface area contributed by atoms with Crippen molar-refractivity contribution in [1.82, 2.24) is 4.90 Å². The standard InChI is InChI=1S/C22H22FN3O2S/c1-13-7-8-14(2)18(11-13)25-22-26(15-9-10-15)21(28)19(29-22)12-20(27)24-17-6-4-3-5-16(17)23/h3-8,11,15,19H,9-10,12H2,1-2H3,(H,24,27). The Labute approximate surface area is 173 Å². The molecule has 1 aliphatic carbocycles. The summed E-state index contributed by atoms with van der Waals surface area (Å²) in [5, 5.41) is 2.66. The minimum absolute atomic E-state index is 0.0210. The molecule has 5 nitrogen and oxygen atoms in total. The number of carbonyl (C=O) groups is 2. The van der Waals surface area contributed by atoms with Gasteiger partial charge in [0, 0.05) is 12.5 Å². The molecule has 2 amide bonds. The lowest BCUT2D eigenvalue weighted by Crippen LogP contribution is -2.35. The summed E-state index contributed by atoms with van der Waals surface area (Å²) in [7, 11) is 0. The van der Waals surface area contributed by atoms with Gasteiger partial charge in [-0.15, -0.1) is 0 Å². The van der Waals surface area contributed by atoms with Gasteiger partial charge in [0.1, 0.15) is 11.1 Å². The predicted octanol–water partition coefficient (Wildman–Crippen LogP) is 4.57. The van der Waals surface area contributed by atoms with Gasteiger partial charge in [-0.3, -0.25) is 14.5 Å². The van der Waals surface area contributed by atoms with E-state index < -0.39 is 11.1 Å². The monoisotopic (exact) mass is 411 g/mol. The average Bonchev–Trinajstić information content (AvgIpc) is 3.46. The Morgan fingerprint density at radius 3 is 2.72 bits per heavy atom. The van der Waals surface area contributed by atoms with Crippen LogP contribution in [0.2, 0.25) is 0 Å². The summed E-state index contributed by atoms with van der Waals surface area (Å²) >= 11 is 1.32. The van der Waals surface area contributed by atoms with Crippen molar-refractivity contribution in [3.63, 3.8) is 0 Å². The van der Waals surface area contributed by atoms with E-state index in [1.165, 1.54) is 23.9 Å². The second kappa shape index (κ2) is 7.99. The van der Waals surface area contributed by atoms with Gasteiger partial charge in [0.15, 0.2) is 5.17 Å². The number of amides is 2. The highest BCUT2D eigenvalue weighted by atomic mass is 32.2. The molecule has 150 valence electrons. The molecule has 1 saturated carbocycles. The highest BCUT2D eigenvalue weighted by molar-refractivity contribution is 8.15. The number of amidine groups is 1. The number of hydrogen-bond acceptors (Lipinski definition) is 4. The molecule has 1 atom stereocenters. The molecule has 0 radical (unpaired) electrons. The van der Waals surface area contributed by atoms with Crippen LogP contribution in [0.15, 0.2) is 47.5 Å². The summed E-state index contributed by atoms with van der Waals surface area (Å²) in [6, 6.07) is 12.2. The van der Waals surface area contributed by atoms with Gasteiger partial charge in [-0.25, -0.2) is 9.38 Å². The van der Waals surface area contributed by atoms with Crippen LogP contribution in [-0.2, 0) is 9.59 Å². The van der Waals surface area contributed by atoms with Crippen molar-refractivity contribution in [1.29, 1.82) is 0 Å². The van der Waals surface area contributed by atoms with Gasteiger partial charge < -0.3 is 5.32 Å². The van der Waals surface area contributed by atoms with E-state index in [1.807, 2.05) is 32.0 Å². The fraction of sp³-hybridized carbons (Fsp3) is 0.318. The molecule has 1 heterocycles. The molecular weight excluding hydrogens is 389 g/mol. The Hall–Kier alpha value is -2.67. The topological polar surface area (TPSA) is 61.8 Å². The third kappa shape index (κ3) is 4.34. The predicted molar refractivity (Wildman–Crippen MR) is 114 cm³/mol. The number of thioether (sulfide) groups is 1. The molecule has 2 aliphatic rings. The Kier molecular flexibility index (Phi) is 5.41. The lowest BCUT2D eigenvalue weighted by atomic mass is 10.1. The van der Waals surface area contributed by atoms with Crippen molar-refractivity contribution in [3.05, 3.63) is 59.4 Å². The van der Waals surface area contributed by atoms with Crippen molar-refractivity contribution in [2.24, 2.45) is 4.99 Å². The lowest BCUT2D eigenvalue weighted by molar-refractivity contribution is -0.128. The number of benzene rings is 2. The van der Waals surface area contributed by atoms with Crippen molar-refractivity contribution in [3.8, 4) is 0 Å². The van der Waals surface area contributed by atoms with Crippen LogP contribution in [-0.4, -0.2) is 33.2 Å². The Balaban J connectivity index is 1.53. The summed E-state index contributed by atoms with van der Waals surface area (Å²) in [4.78, 5) is 31.9. The van der Waals surface area contributed by atoms with Crippen LogP contribution >= 0.6 is 11.8 Å². The highest BCUT2D eigenvalue weighted by Crippen LogP contribution is 2.40. The van der Waals surface area contributed by atoms with Gasteiger partial charge >= 0.3 is 0 Å². The first-order valence-electron chi connectivity index (χ1n) is 9.62. The number of halogens is 1. The third-order valence-corrected chi connectivity index (χ3v) is 6.13. The number of aliphatic imine (C=N–C) groups is 1. The lowest BCUT2D eigenvalue weighted by Gasteiger charge is -2.15. The molecule has 7 heteroatoms. The SMILES string of the molecule is Cc1ccc(C)c(N=C2SC(CC(=O)Nc3ccccc3F)C(=O)N2C2CC2)c1. The summed E-state index contributed by atoms with van der Waals surface area (Å²) < 4.78 is 13.8. The first kappa shape index (κ1) is 19.6. The highest BCUT2D eigenvalue weighted by Gasteiger charge is 2.46. The zero-order valence-corrected chi connectivity index (χ0v) is 17.1. The number of nitrogens with one attached hydrogen (secondary N) is 1. The molecule has 2 fully saturated rings. The minimum Gasteiger partial charge on any atom is -0.324 e. The van der Waals surface area contributed by atoms with Gasteiger partial charge in [-0.2, -0.15) is 0 Å². The van der Waals surface area contributed by atoms with Gasteiger partial charge in [-0.05, 0) is 56.0 Å². The molecule has 0 spiro atoms. The van der Waals surface area contributed by atoms with E-state index in [1.54, 1.807) is 17.0 Å². The van der Waals surface area contributed by atoms with Crippen LogP contribution in [0.4, 0.5) is 15.8 Å². The smallest absolute Gasteiger partial charge is 0.242 e. The summed E-state index contributed by atoms with van der Waals surface area (Å²) in [6.45, 7) is 3.99. The van der Waals surface area contributed by atoms with Crippen LogP contribution in [0, 0.1) is 19.7 Å². The quantitative estimate of drug-likeness (QED) is 0.784. The number of hydrogen-bond donors (Lipinski definition) is 1. The maximum Gasteiger partial charge on any atom is 0.242 e. The van der Waals surface area contributed by atoms with E-state index in [2.05, 4.69) is 5.32 Å². The van der Waals surface area contributed by atoms with Gasteiger partial charge in [0.2, 0.25) is 11.8 Å². The van der Waals surface area contributed by atoms with Gasteiger partial charge in [0.05, 0.1) is 11.4 Å². The van der Waals surface area contributed by atoms with E-state index in [-0.39, 0.29) is 30.0 Å². The van der Waals surface area contributed by atoms with Crippen LogP contribution in [0.3, 0.4) is 0 Å². The molecule has 1 N–H and O–H groups in total. The second-order valence-electron chi connectivity index (χ2n) is 7.46. The minimum atomic E-state index is -0.550. The van der Waals surface area contributed by atoms with Crippen LogP contribution in [0.1, 0.15) is 30.4 Å². The molecule has 1 saturated heterocycles. The first-order chi connectivity index (χ1) is 13.9. The number of para-hydroxylation sites is 1. The number of rotatable bonds is 5. The molecule has 1 unspecified atom stereocenters. The molecule has 1 aliphatic heterocycles. The van der Waals surface area contributed by atoms with Gasteiger partial charge in [0.25, 0.3) is 0 Å². The van der Waals surface area contributed by atoms with Gasteiger partial charge in [-0.1, -0.05) is 36.0 Å². The van der Waals surface area contributed by atoms with Crippen LogP contribution in [0.25, 0.3) is 0 Å². The van der Waals surface area contributed by atoms with E-state index in [0.717, 1.165) is 29.7 Å². The summed E-state index contributed by atoms with van der Waals surface area (Å²) in [5.41, 5.74) is 3.09. The van der Waals surface area contributed by atoms with E-state index in [9.17, 15) is 14.0 Å². The number of anilines is 1. The zero-order chi connectivity index (χ0) is 20.5. The molecule has 0 bridgehead atoms. The van der Waals surface area contributed by atoms with E-state index in [0.29, 0.717) is 5.17 Å².